The molecular formula is C19H22FN5O. The molecule has 1 fully saturated rings. The lowest BCUT2D eigenvalue weighted by Gasteiger charge is -2.17. The molecule has 7 heteroatoms. The SMILES string of the molecule is N#Cc1c(N)nc(-c2cc(F)ccc2O)nc1C1CCCC(CN)CC1. The predicted molar refractivity (Wildman–Crippen MR) is 96.6 cm³/mol. The zero-order valence-electron chi connectivity index (χ0n) is 14.5. The molecule has 0 saturated heterocycles. The van der Waals surface area contributed by atoms with E-state index in [1.54, 1.807) is 0 Å². The van der Waals surface area contributed by atoms with Crippen LogP contribution in [0.5, 0.6) is 5.75 Å². The minimum absolute atomic E-state index is 0.0517. The van der Waals surface area contributed by atoms with Crippen LogP contribution < -0.4 is 11.5 Å². The van der Waals surface area contributed by atoms with Crippen LogP contribution in [0.4, 0.5) is 10.2 Å². The van der Waals surface area contributed by atoms with Crippen molar-refractivity contribution in [1.29, 1.82) is 5.26 Å². The summed E-state index contributed by atoms with van der Waals surface area (Å²) in [4.78, 5) is 8.64. The van der Waals surface area contributed by atoms with E-state index in [1.165, 1.54) is 6.07 Å². The maximum absolute atomic E-state index is 13.6. The average Bonchev–Trinajstić information content (AvgIpc) is 2.88. The van der Waals surface area contributed by atoms with Gasteiger partial charge in [0.05, 0.1) is 11.3 Å². The highest BCUT2D eigenvalue weighted by Gasteiger charge is 2.25. The Morgan fingerprint density at radius 1 is 1.23 bits per heavy atom. The number of aromatic hydroxyl groups is 1. The van der Waals surface area contributed by atoms with E-state index >= 15 is 0 Å². The van der Waals surface area contributed by atoms with Gasteiger partial charge < -0.3 is 16.6 Å². The number of hydrogen-bond acceptors (Lipinski definition) is 6. The van der Waals surface area contributed by atoms with Crippen LogP contribution in [-0.2, 0) is 0 Å². The summed E-state index contributed by atoms with van der Waals surface area (Å²) in [5.41, 5.74) is 12.8. The van der Waals surface area contributed by atoms with E-state index in [9.17, 15) is 14.8 Å². The molecule has 1 aliphatic rings. The van der Waals surface area contributed by atoms with Crippen LogP contribution in [0, 0.1) is 23.1 Å². The fourth-order valence-electron chi connectivity index (χ4n) is 3.60. The Bertz CT molecular complexity index is 849. The average molecular weight is 355 g/mol. The number of benzene rings is 1. The summed E-state index contributed by atoms with van der Waals surface area (Å²) in [6.07, 6.45) is 4.78. The Hall–Kier alpha value is -2.72. The first-order valence-electron chi connectivity index (χ1n) is 8.80. The summed E-state index contributed by atoms with van der Waals surface area (Å²) in [5.74, 6) is 0.0953. The first-order valence-corrected chi connectivity index (χ1v) is 8.80. The van der Waals surface area contributed by atoms with Gasteiger partial charge in [0.15, 0.2) is 5.82 Å². The first-order chi connectivity index (χ1) is 12.5. The molecule has 3 rings (SSSR count). The number of nitriles is 1. The van der Waals surface area contributed by atoms with Gasteiger partial charge in [-0.1, -0.05) is 6.42 Å². The normalized spacial score (nSPS) is 20.3. The van der Waals surface area contributed by atoms with Gasteiger partial charge in [-0.25, -0.2) is 14.4 Å². The van der Waals surface area contributed by atoms with Gasteiger partial charge in [0.25, 0.3) is 0 Å². The third kappa shape index (κ3) is 3.60. The number of nitrogens with zero attached hydrogens (tertiary/aromatic N) is 3. The number of phenols is 1. The second kappa shape index (κ2) is 7.67. The summed E-state index contributed by atoms with van der Waals surface area (Å²) in [6.45, 7) is 0.659. The van der Waals surface area contributed by atoms with Gasteiger partial charge >= 0.3 is 0 Å². The predicted octanol–water partition coefficient (Wildman–Crippen LogP) is 3.06. The number of nitrogen functional groups attached to an aromatic ring is 1. The molecule has 1 aromatic carbocycles. The Morgan fingerprint density at radius 3 is 2.77 bits per heavy atom. The molecule has 136 valence electrons. The molecule has 0 radical (unpaired) electrons. The molecule has 6 nitrogen and oxygen atoms in total. The van der Waals surface area contributed by atoms with Gasteiger partial charge in [-0.2, -0.15) is 5.26 Å². The smallest absolute Gasteiger partial charge is 0.165 e. The second-order valence-corrected chi connectivity index (χ2v) is 6.77. The van der Waals surface area contributed by atoms with Gasteiger partial charge in [0, 0.05) is 5.92 Å². The van der Waals surface area contributed by atoms with Gasteiger partial charge in [0.1, 0.15) is 29.0 Å². The highest BCUT2D eigenvalue weighted by atomic mass is 19.1. The quantitative estimate of drug-likeness (QED) is 0.727. The first kappa shape index (κ1) is 18.1. The zero-order valence-corrected chi connectivity index (χ0v) is 14.5. The highest BCUT2D eigenvalue weighted by Crippen LogP contribution is 2.37. The van der Waals surface area contributed by atoms with Crippen LogP contribution in [0.1, 0.15) is 49.3 Å². The Morgan fingerprint density at radius 2 is 2.04 bits per heavy atom. The van der Waals surface area contributed by atoms with E-state index in [0.717, 1.165) is 44.2 Å². The monoisotopic (exact) mass is 355 g/mol. The summed E-state index contributed by atoms with van der Waals surface area (Å²) in [6, 6.07) is 5.67. The molecule has 26 heavy (non-hydrogen) atoms. The molecule has 1 aromatic heterocycles. The van der Waals surface area contributed by atoms with E-state index in [4.69, 9.17) is 11.5 Å². The number of rotatable bonds is 3. The number of hydrogen-bond donors (Lipinski definition) is 3. The molecule has 0 bridgehead atoms. The summed E-state index contributed by atoms with van der Waals surface area (Å²) < 4.78 is 13.6. The van der Waals surface area contributed by atoms with Crippen LogP contribution in [0.2, 0.25) is 0 Å². The molecule has 2 aromatic rings. The van der Waals surface area contributed by atoms with Crippen molar-refractivity contribution in [3.05, 3.63) is 35.3 Å². The van der Waals surface area contributed by atoms with E-state index in [2.05, 4.69) is 16.0 Å². The molecule has 0 amide bonds. The molecule has 1 aliphatic carbocycles. The number of phenolic OH excluding ortho intramolecular Hbond substituents is 1. The van der Waals surface area contributed by atoms with E-state index in [-0.39, 0.29) is 34.4 Å². The molecule has 2 unspecified atom stereocenters. The molecule has 1 heterocycles. The van der Waals surface area contributed by atoms with E-state index in [0.29, 0.717) is 18.2 Å². The largest absolute Gasteiger partial charge is 0.507 e. The second-order valence-electron chi connectivity index (χ2n) is 6.77. The van der Waals surface area contributed by atoms with Crippen molar-refractivity contribution in [2.75, 3.05) is 12.3 Å². The van der Waals surface area contributed by atoms with Crippen molar-refractivity contribution >= 4 is 5.82 Å². The van der Waals surface area contributed by atoms with Gasteiger partial charge in [0.2, 0.25) is 0 Å². The van der Waals surface area contributed by atoms with Crippen molar-refractivity contribution in [2.45, 2.75) is 38.0 Å². The molecule has 5 N–H and O–H groups in total. The van der Waals surface area contributed by atoms with Gasteiger partial charge in [-0.3, -0.25) is 0 Å². The van der Waals surface area contributed by atoms with Crippen molar-refractivity contribution in [2.24, 2.45) is 11.7 Å². The van der Waals surface area contributed by atoms with Gasteiger partial charge in [-0.15, -0.1) is 0 Å². The minimum atomic E-state index is -0.508. The lowest BCUT2D eigenvalue weighted by molar-refractivity contribution is 0.466. The highest BCUT2D eigenvalue weighted by molar-refractivity contribution is 5.67. The minimum Gasteiger partial charge on any atom is -0.507 e. The number of halogens is 1. The third-order valence-corrected chi connectivity index (χ3v) is 5.08. The van der Waals surface area contributed by atoms with Crippen molar-refractivity contribution < 1.29 is 9.50 Å². The molecule has 2 atom stereocenters. The fraction of sp³-hybridized carbons (Fsp3) is 0.421. The standard InChI is InChI=1S/C19H22FN5O/c20-13-6-7-16(26)14(8-13)19-24-17(15(10-22)18(23)25-19)12-3-1-2-11(9-21)4-5-12/h6-8,11-12,26H,1-5,9,21H2,(H2,23,24,25). The zero-order chi connectivity index (χ0) is 18.7. The van der Waals surface area contributed by atoms with Crippen LogP contribution in [0.25, 0.3) is 11.4 Å². The van der Waals surface area contributed by atoms with Crippen molar-refractivity contribution in [1.82, 2.24) is 9.97 Å². The fourth-order valence-corrected chi connectivity index (χ4v) is 3.60. The Labute approximate surface area is 151 Å². The van der Waals surface area contributed by atoms with E-state index < -0.39 is 5.82 Å². The lowest BCUT2D eigenvalue weighted by atomic mass is 9.92. The number of anilines is 1. The van der Waals surface area contributed by atoms with Crippen LogP contribution in [0.15, 0.2) is 18.2 Å². The summed E-state index contributed by atoms with van der Waals surface area (Å²) in [5, 5.41) is 19.6. The van der Waals surface area contributed by atoms with E-state index in [1.807, 2.05) is 0 Å². The summed E-state index contributed by atoms with van der Waals surface area (Å²) >= 11 is 0. The molecule has 0 aliphatic heterocycles. The lowest BCUT2D eigenvalue weighted by Crippen LogP contribution is -2.13. The topological polar surface area (TPSA) is 122 Å². The molecule has 1 saturated carbocycles. The van der Waals surface area contributed by atoms with Gasteiger partial charge in [-0.05, 0) is 56.3 Å². The molecular weight excluding hydrogens is 333 g/mol. The third-order valence-electron chi connectivity index (χ3n) is 5.08. The number of nitrogens with two attached hydrogens (primary N) is 2. The number of aromatic nitrogens is 2. The van der Waals surface area contributed by atoms with Crippen LogP contribution in [-0.4, -0.2) is 21.6 Å². The maximum atomic E-state index is 13.6. The Balaban J connectivity index is 2.05. The van der Waals surface area contributed by atoms with Crippen molar-refractivity contribution in [3.63, 3.8) is 0 Å². The van der Waals surface area contributed by atoms with Crippen molar-refractivity contribution in [3.8, 4) is 23.2 Å². The molecule has 0 spiro atoms. The van der Waals surface area contributed by atoms with Crippen LogP contribution >= 0.6 is 0 Å². The maximum Gasteiger partial charge on any atom is 0.165 e. The Kier molecular flexibility index (Phi) is 5.33. The summed E-state index contributed by atoms with van der Waals surface area (Å²) in [7, 11) is 0. The van der Waals surface area contributed by atoms with Crippen LogP contribution in [0.3, 0.4) is 0 Å².